The first-order valence-corrected chi connectivity index (χ1v) is 10.1. The van der Waals surface area contributed by atoms with Crippen LogP contribution in [0.1, 0.15) is 38.7 Å². The Hall–Kier alpha value is -1.79. The molecular formula is C21H32ClN3O3. The van der Waals surface area contributed by atoms with Gasteiger partial charge in [-0.05, 0) is 50.4 Å². The van der Waals surface area contributed by atoms with Gasteiger partial charge in [-0.15, -0.1) is 12.4 Å². The number of carbonyl (C=O) groups excluding carboxylic acids is 2. The van der Waals surface area contributed by atoms with Gasteiger partial charge in [0.25, 0.3) is 5.91 Å². The van der Waals surface area contributed by atoms with Crippen LogP contribution in [0.5, 0.6) is 5.75 Å². The minimum absolute atomic E-state index is 0. The predicted molar refractivity (Wildman–Crippen MR) is 112 cm³/mol. The molecular weight excluding hydrogens is 378 g/mol. The third kappa shape index (κ3) is 5.85. The molecule has 2 saturated heterocycles. The lowest BCUT2D eigenvalue weighted by Crippen LogP contribution is -2.53. The summed E-state index contributed by atoms with van der Waals surface area (Å²) in [4.78, 5) is 28.8. The van der Waals surface area contributed by atoms with Crippen LogP contribution in [0, 0.1) is 0 Å². The Bertz CT molecular complexity index is 639. The zero-order valence-corrected chi connectivity index (χ0v) is 17.7. The molecule has 0 aromatic heterocycles. The number of ether oxygens (including phenoxy) is 1. The zero-order valence-electron chi connectivity index (χ0n) is 16.9. The maximum atomic E-state index is 12.7. The van der Waals surface area contributed by atoms with Gasteiger partial charge in [0.1, 0.15) is 5.75 Å². The molecule has 156 valence electrons. The lowest BCUT2D eigenvalue weighted by Gasteiger charge is -2.36. The van der Waals surface area contributed by atoms with Crippen molar-refractivity contribution in [1.29, 1.82) is 0 Å². The molecule has 28 heavy (non-hydrogen) atoms. The van der Waals surface area contributed by atoms with Gasteiger partial charge in [-0.3, -0.25) is 9.59 Å². The number of nitrogens with one attached hydrogen (secondary N) is 1. The number of piperazine rings is 1. The summed E-state index contributed by atoms with van der Waals surface area (Å²) in [6, 6.07) is 8.20. The summed E-state index contributed by atoms with van der Waals surface area (Å²) in [6.45, 7) is 7.27. The van der Waals surface area contributed by atoms with Gasteiger partial charge in [0.2, 0.25) is 5.91 Å². The number of amides is 2. The van der Waals surface area contributed by atoms with Crippen LogP contribution in [0.15, 0.2) is 24.3 Å². The Labute approximate surface area is 174 Å². The van der Waals surface area contributed by atoms with Crippen molar-refractivity contribution in [3.63, 3.8) is 0 Å². The first-order chi connectivity index (χ1) is 13.1. The topological polar surface area (TPSA) is 61.9 Å². The van der Waals surface area contributed by atoms with E-state index in [0.717, 1.165) is 25.8 Å². The van der Waals surface area contributed by atoms with Crippen LogP contribution in [0.2, 0.25) is 0 Å². The summed E-state index contributed by atoms with van der Waals surface area (Å²) in [6.07, 6.45) is 3.26. The van der Waals surface area contributed by atoms with Gasteiger partial charge in [0.05, 0.1) is 0 Å². The number of hydrogen-bond acceptors (Lipinski definition) is 4. The first-order valence-electron chi connectivity index (χ1n) is 10.1. The lowest BCUT2D eigenvalue weighted by molar-refractivity contribution is -0.143. The highest BCUT2D eigenvalue weighted by atomic mass is 35.5. The van der Waals surface area contributed by atoms with E-state index in [1.807, 2.05) is 34.1 Å². The van der Waals surface area contributed by atoms with Crippen molar-refractivity contribution in [3.05, 3.63) is 29.8 Å². The number of carbonyl (C=O) groups is 2. The van der Waals surface area contributed by atoms with Crippen LogP contribution in [-0.2, 0) is 16.0 Å². The number of halogens is 1. The van der Waals surface area contributed by atoms with E-state index in [1.54, 1.807) is 6.92 Å². The SMILES string of the molecule is CCc1ccc(OC(C)C(=O)N2CCN(C(=O)CC3CCCN3)CC2)cc1.Cl. The van der Waals surface area contributed by atoms with Crippen LogP contribution in [0.4, 0.5) is 0 Å². The minimum Gasteiger partial charge on any atom is -0.481 e. The average molecular weight is 410 g/mol. The van der Waals surface area contributed by atoms with Crippen LogP contribution >= 0.6 is 12.4 Å². The summed E-state index contributed by atoms with van der Waals surface area (Å²) in [7, 11) is 0. The first kappa shape index (κ1) is 22.5. The Morgan fingerprint density at radius 1 is 1.14 bits per heavy atom. The van der Waals surface area contributed by atoms with Crippen LogP contribution < -0.4 is 10.1 Å². The molecule has 0 bridgehead atoms. The number of aryl methyl sites for hydroxylation is 1. The van der Waals surface area contributed by atoms with Crippen molar-refractivity contribution in [2.75, 3.05) is 32.7 Å². The molecule has 2 aliphatic heterocycles. The summed E-state index contributed by atoms with van der Waals surface area (Å²) >= 11 is 0. The van der Waals surface area contributed by atoms with Gasteiger partial charge in [-0.1, -0.05) is 19.1 Å². The van der Waals surface area contributed by atoms with E-state index < -0.39 is 6.10 Å². The summed E-state index contributed by atoms with van der Waals surface area (Å²) in [5, 5.41) is 3.37. The molecule has 1 aromatic rings. The Morgan fingerprint density at radius 2 is 1.79 bits per heavy atom. The van der Waals surface area contributed by atoms with Gasteiger partial charge in [-0.2, -0.15) is 0 Å². The van der Waals surface area contributed by atoms with E-state index in [4.69, 9.17) is 4.74 Å². The van der Waals surface area contributed by atoms with Gasteiger partial charge in [0.15, 0.2) is 6.10 Å². The lowest BCUT2D eigenvalue weighted by atomic mass is 10.1. The molecule has 3 rings (SSSR count). The third-order valence-electron chi connectivity index (χ3n) is 5.52. The van der Waals surface area contributed by atoms with Gasteiger partial charge >= 0.3 is 0 Å². The highest BCUT2D eigenvalue weighted by molar-refractivity contribution is 5.85. The molecule has 1 aromatic carbocycles. The molecule has 0 saturated carbocycles. The fourth-order valence-corrected chi connectivity index (χ4v) is 3.76. The molecule has 2 amide bonds. The molecule has 2 unspecified atom stereocenters. The molecule has 2 aliphatic rings. The summed E-state index contributed by atoms with van der Waals surface area (Å²) < 4.78 is 5.81. The molecule has 7 heteroatoms. The Balaban J connectivity index is 0.00000280. The van der Waals surface area contributed by atoms with Crippen LogP contribution in [-0.4, -0.2) is 66.5 Å². The van der Waals surface area contributed by atoms with Crippen molar-refractivity contribution in [2.45, 2.75) is 51.7 Å². The van der Waals surface area contributed by atoms with Crippen molar-refractivity contribution >= 4 is 24.2 Å². The maximum absolute atomic E-state index is 12.7. The van der Waals surface area contributed by atoms with Crippen molar-refractivity contribution < 1.29 is 14.3 Å². The monoisotopic (exact) mass is 409 g/mol. The minimum atomic E-state index is -0.526. The predicted octanol–water partition coefficient (Wildman–Crippen LogP) is 2.25. The smallest absolute Gasteiger partial charge is 0.263 e. The second kappa shape index (κ2) is 10.7. The number of hydrogen-bond donors (Lipinski definition) is 1. The van der Waals surface area contributed by atoms with Gasteiger partial charge in [0, 0.05) is 38.6 Å². The largest absolute Gasteiger partial charge is 0.481 e. The van der Waals surface area contributed by atoms with Gasteiger partial charge < -0.3 is 19.9 Å². The molecule has 0 spiro atoms. The molecule has 1 N–H and O–H groups in total. The molecule has 0 radical (unpaired) electrons. The second-order valence-corrected chi connectivity index (χ2v) is 7.46. The van der Waals surface area contributed by atoms with Gasteiger partial charge in [-0.25, -0.2) is 0 Å². The van der Waals surface area contributed by atoms with E-state index in [9.17, 15) is 9.59 Å². The highest BCUT2D eigenvalue weighted by Gasteiger charge is 2.29. The Kier molecular flexibility index (Phi) is 8.58. The number of nitrogens with zero attached hydrogens (tertiary/aromatic N) is 2. The van der Waals surface area contributed by atoms with E-state index in [2.05, 4.69) is 12.2 Å². The average Bonchev–Trinajstić information content (AvgIpc) is 3.21. The van der Waals surface area contributed by atoms with E-state index in [1.165, 1.54) is 5.56 Å². The molecule has 2 heterocycles. The standard InChI is InChI=1S/C21H31N3O3.ClH/c1-3-17-6-8-19(9-7-17)27-16(2)21(26)24-13-11-23(12-14-24)20(25)15-18-5-4-10-22-18;/h6-9,16,18,22H,3-5,10-15H2,1-2H3;1H. The summed E-state index contributed by atoms with van der Waals surface area (Å²) in [5.74, 6) is 0.895. The number of benzene rings is 1. The van der Waals surface area contributed by atoms with Crippen LogP contribution in [0.3, 0.4) is 0 Å². The highest BCUT2D eigenvalue weighted by Crippen LogP contribution is 2.16. The van der Waals surface area contributed by atoms with Crippen molar-refractivity contribution in [2.24, 2.45) is 0 Å². The van der Waals surface area contributed by atoms with Crippen LogP contribution in [0.25, 0.3) is 0 Å². The fraction of sp³-hybridized carbons (Fsp3) is 0.619. The Morgan fingerprint density at radius 3 is 2.36 bits per heavy atom. The molecule has 0 aliphatic carbocycles. The van der Waals surface area contributed by atoms with Crippen molar-refractivity contribution in [1.82, 2.24) is 15.1 Å². The quantitative estimate of drug-likeness (QED) is 0.782. The second-order valence-electron chi connectivity index (χ2n) is 7.46. The van der Waals surface area contributed by atoms with E-state index >= 15 is 0 Å². The third-order valence-corrected chi connectivity index (χ3v) is 5.52. The van der Waals surface area contributed by atoms with E-state index in [0.29, 0.717) is 44.4 Å². The molecule has 2 atom stereocenters. The number of rotatable bonds is 6. The summed E-state index contributed by atoms with van der Waals surface area (Å²) in [5.41, 5.74) is 1.25. The molecule has 2 fully saturated rings. The van der Waals surface area contributed by atoms with Crippen molar-refractivity contribution in [3.8, 4) is 5.75 Å². The fourth-order valence-electron chi connectivity index (χ4n) is 3.76. The zero-order chi connectivity index (χ0) is 19.2. The molecule has 6 nitrogen and oxygen atoms in total. The normalized spacial score (nSPS) is 20.4. The van der Waals surface area contributed by atoms with E-state index in [-0.39, 0.29) is 24.2 Å². The maximum Gasteiger partial charge on any atom is 0.263 e.